The van der Waals surface area contributed by atoms with E-state index in [1.54, 1.807) is 10.7 Å². The van der Waals surface area contributed by atoms with Crippen LogP contribution in [0.3, 0.4) is 0 Å². The van der Waals surface area contributed by atoms with Gasteiger partial charge >= 0.3 is 0 Å². The van der Waals surface area contributed by atoms with Gasteiger partial charge < -0.3 is 4.74 Å². The Labute approximate surface area is 111 Å². The lowest BCUT2D eigenvalue weighted by atomic mass is 10.1. The maximum atomic E-state index is 12.1. The van der Waals surface area contributed by atoms with Crippen LogP contribution in [0.15, 0.2) is 18.5 Å². The normalized spacial score (nSPS) is 10.5. The Morgan fingerprint density at radius 1 is 1.37 bits per heavy atom. The van der Waals surface area contributed by atoms with E-state index in [4.69, 9.17) is 4.74 Å². The summed E-state index contributed by atoms with van der Waals surface area (Å²) in [5.41, 5.74) is 2.20. The number of aryl methyl sites for hydroxylation is 2. The molecule has 0 saturated carbocycles. The Hall–Kier alpha value is -2.24. The summed E-state index contributed by atoms with van der Waals surface area (Å²) in [6.07, 6.45) is 2.44. The summed E-state index contributed by atoms with van der Waals surface area (Å²) < 4.78 is 6.71. The number of aromatic nitrogens is 4. The van der Waals surface area contributed by atoms with Crippen molar-refractivity contribution in [1.29, 1.82) is 0 Å². The third-order valence-corrected chi connectivity index (χ3v) is 2.87. The molecule has 2 aromatic heterocycles. The van der Waals surface area contributed by atoms with Gasteiger partial charge in [-0.05, 0) is 12.5 Å². The van der Waals surface area contributed by atoms with E-state index in [9.17, 15) is 4.79 Å². The number of nitrogens with zero attached hydrogens (tertiary/aromatic N) is 4. The maximum Gasteiger partial charge on any atom is 0.216 e. The number of rotatable bonds is 5. The van der Waals surface area contributed by atoms with Gasteiger partial charge in [0, 0.05) is 18.8 Å². The van der Waals surface area contributed by atoms with Crippen molar-refractivity contribution in [3.8, 4) is 5.88 Å². The fraction of sp³-hybridized carbons (Fsp3) is 0.385. The number of hydrogen-bond acceptors (Lipinski definition) is 5. The van der Waals surface area contributed by atoms with Crippen molar-refractivity contribution in [2.45, 2.75) is 19.8 Å². The highest BCUT2D eigenvalue weighted by Crippen LogP contribution is 2.11. The van der Waals surface area contributed by atoms with Crippen LogP contribution < -0.4 is 4.74 Å². The summed E-state index contributed by atoms with van der Waals surface area (Å²) in [4.78, 5) is 20.0. The molecule has 6 heteroatoms. The Bertz CT molecular complexity index is 592. The average molecular weight is 260 g/mol. The SMILES string of the molecule is CCc1cc(CC(=O)c2cc(OC)ncn2)n(C)n1. The van der Waals surface area contributed by atoms with Gasteiger partial charge in [-0.2, -0.15) is 5.10 Å². The molecular formula is C13H16N4O2. The molecule has 2 heterocycles. The van der Waals surface area contributed by atoms with Crippen LogP contribution in [0.4, 0.5) is 0 Å². The molecule has 0 fully saturated rings. The predicted octanol–water partition coefficient (Wildman–Crippen LogP) is 1.21. The summed E-state index contributed by atoms with van der Waals surface area (Å²) in [5.74, 6) is 0.309. The van der Waals surface area contributed by atoms with Gasteiger partial charge in [0.2, 0.25) is 5.88 Å². The van der Waals surface area contributed by atoms with E-state index in [1.165, 1.54) is 13.4 Å². The summed E-state index contributed by atoms with van der Waals surface area (Å²) in [6, 6.07) is 3.48. The number of ketones is 1. The van der Waals surface area contributed by atoms with Crippen molar-refractivity contribution in [3.05, 3.63) is 35.5 Å². The van der Waals surface area contributed by atoms with Crippen molar-refractivity contribution >= 4 is 5.78 Å². The van der Waals surface area contributed by atoms with E-state index in [1.807, 2.05) is 20.0 Å². The first-order valence-electron chi connectivity index (χ1n) is 6.05. The summed E-state index contributed by atoms with van der Waals surface area (Å²) >= 11 is 0. The first-order valence-corrected chi connectivity index (χ1v) is 6.05. The molecule has 0 aliphatic carbocycles. The summed E-state index contributed by atoms with van der Waals surface area (Å²) in [5, 5.41) is 4.32. The van der Waals surface area contributed by atoms with Crippen LogP contribution in [0.25, 0.3) is 0 Å². The largest absolute Gasteiger partial charge is 0.481 e. The number of carbonyl (C=O) groups is 1. The van der Waals surface area contributed by atoms with Crippen molar-refractivity contribution in [2.24, 2.45) is 7.05 Å². The zero-order chi connectivity index (χ0) is 13.8. The van der Waals surface area contributed by atoms with E-state index in [2.05, 4.69) is 15.1 Å². The Kier molecular flexibility index (Phi) is 3.89. The summed E-state index contributed by atoms with van der Waals surface area (Å²) in [7, 11) is 3.34. The number of Topliss-reactive ketones (excluding diaryl/α,β-unsaturated/α-hetero) is 1. The molecule has 0 atom stereocenters. The van der Waals surface area contributed by atoms with E-state index >= 15 is 0 Å². The number of ether oxygens (including phenoxy) is 1. The highest BCUT2D eigenvalue weighted by Gasteiger charge is 2.13. The van der Waals surface area contributed by atoms with Crippen molar-refractivity contribution in [2.75, 3.05) is 7.11 Å². The fourth-order valence-electron chi connectivity index (χ4n) is 1.77. The predicted molar refractivity (Wildman–Crippen MR) is 69.2 cm³/mol. The van der Waals surface area contributed by atoms with Gasteiger partial charge in [-0.1, -0.05) is 6.92 Å². The van der Waals surface area contributed by atoms with E-state index in [0.717, 1.165) is 17.8 Å². The first-order chi connectivity index (χ1) is 9.13. The quantitative estimate of drug-likeness (QED) is 0.756. The topological polar surface area (TPSA) is 69.9 Å². The monoisotopic (exact) mass is 260 g/mol. The Morgan fingerprint density at radius 2 is 2.16 bits per heavy atom. The molecule has 0 spiro atoms. The second kappa shape index (κ2) is 5.60. The lowest BCUT2D eigenvalue weighted by Gasteiger charge is -2.02. The van der Waals surface area contributed by atoms with E-state index in [0.29, 0.717) is 11.6 Å². The molecule has 6 nitrogen and oxygen atoms in total. The minimum Gasteiger partial charge on any atom is -0.481 e. The molecule has 0 aromatic carbocycles. The van der Waals surface area contributed by atoms with Crippen LogP contribution in [-0.2, 0) is 19.9 Å². The Balaban J connectivity index is 2.17. The van der Waals surface area contributed by atoms with E-state index in [-0.39, 0.29) is 12.2 Å². The van der Waals surface area contributed by atoms with E-state index < -0.39 is 0 Å². The third kappa shape index (κ3) is 2.96. The lowest BCUT2D eigenvalue weighted by Crippen LogP contribution is -2.10. The van der Waals surface area contributed by atoms with Gasteiger partial charge in [-0.25, -0.2) is 9.97 Å². The highest BCUT2D eigenvalue weighted by molar-refractivity contribution is 5.95. The van der Waals surface area contributed by atoms with Crippen LogP contribution >= 0.6 is 0 Å². The van der Waals surface area contributed by atoms with Crippen LogP contribution in [-0.4, -0.2) is 32.6 Å². The minimum absolute atomic E-state index is 0.0775. The standard InChI is InChI=1S/C13H16N4O2/c1-4-9-5-10(17(2)16-9)6-12(18)11-7-13(19-3)15-8-14-11/h5,7-8H,4,6H2,1-3H3. The molecule has 0 bridgehead atoms. The second-order valence-electron chi connectivity index (χ2n) is 4.15. The Morgan fingerprint density at radius 3 is 2.79 bits per heavy atom. The third-order valence-electron chi connectivity index (χ3n) is 2.87. The molecule has 2 aromatic rings. The van der Waals surface area contributed by atoms with Crippen LogP contribution in [0.2, 0.25) is 0 Å². The molecule has 2 rings (SSSR count). The van der Waals surface area contributed by atoms with Crippen molar-refractivity contribution < 1.29 is 9.53 Å². The van der Waals surface area contributed by atoms with Gasteiger partial charge in [-0.15, -0.1) is 0 Å². The van der Waals surface area contributed by atoms with Crippen LogP contribution in [0.5, 0.6) is 5.88 Å². The molecule has 0 unspecified atom stereocenters. The van der Waals surface area contributed by atoms with Crippen LogP contribution in [0, 0.1) is 0 Å². The molecule has 0 amide bonds. The molecule has 19 heavy (non-hydrogen) atoms. The zero-order valence-corrected chi connectivity index (χ0v) is 11.3. The molecule has 0 N–H and O–H groups in total. The fourth-order valence-corrected chi connectivity index (χ4v) is 1.77. The maximum absolute atomic E-state index is 12.1. The average Bonchev–Trinajstić information content (AvgIpc) is 2.79. The van der Waals surface area contributed by atoms with Gasteiger partial charge in [0.25, 0.3) is 0 Å². The van der Waals surface area contributed by atoms with Gasteiger partial charge in [-0.3, -0.25) is 9.48 Å². The van der Waals surface area contributed by atoms with Crippen LogP contribution in [0.1, 0.15) is 28.8 Å². The molecule has 100 valence electrons. The molecule has 0 aliphatic heterocycles. The molecule has 0 saturated heterocycles. The number of methoxy groups -OCH3 is 1. The molecular weight excluding hydrogens is 244 g/mol. The van der Waals surface area contributed by atoms with Crippen molar-refractivity contribution in [3.63, 3.8) is 0 Å². The highest BCUT2D eigenvalue weighted by atomic mass is 16.5. The minimum atomic E-state index is -0.0775. The van der Waals surface area contributed by atoms with Gasteiger partial charge in [0.1, 0.15) is 12.0 Å². The zero-order valence-electron chi connectivity index (χ0n) is 11.3. The lowest BCUT2D eigenvalue weighted by molar-refractivity contribution is 0.0985. The molecule has 0 radical (unpaired) electrons. The second-order valence-corrected chi connectivity index (χ2v) is 4.15. The summed E-state index contributed by atoms with van der Waals surface area (Å²) in [6.45, 7) is 2.03. The first kappa shape index (κ1) is 13.2. The van der Waals surface area contributed by atoms with Gasteiger partial charge in [0.15, 0.2) is 5.78 Å². The van der Waals surface area contributed by atoms with Gasteiger partial charge in [0.05, 0.1) is 19.2 Å². The number of carbonyl (C=O) groups excluding carboxylic acids is 1. The van der Waals surface area contributed by atoms with Crippen molar-refractivity contribution in [1.82, 2.24) is 19.7 Å². The number of hydrogen-bond donors (Lipinski definition) is 0. The molecule has 0 aliphatic rings. The smallest absolute Gasteiger partial charge is 0.216 e.